The number of fused-ring (bicyclic) bond motifs is 1. The fourth-order valence-electron chi connectivity index (χ4n) is 3.50. The predicted molar refractivity (Wildman–Crippen MR) is 132 cm³/mol. The predicted octanol–water partition coefficient (Wildman–Crippen LogP) is 8.11. The van der Waals surface area contributed by atoms with E-state index < -0.39 is 0 Å². The van der Waals surface area contributed by atoms with Crippen molar-refractivity contribution in [2.75, 3.05) is 0 Å². The highest BCUT2D eigenvalue weighted by molar-refractivity contribution is 6.31. The topological polar surface area (TPSA) is 30.2 Å². The van der Waals surface area contributed by atoms with Gasteiger partial charge in [-0.2, -0.15) is 0 Å². The molecule has 0 saturated heterocycles. The lowest BCUT2D eigenvalue weighted by Gasteiger charge is -2.11. The van der Waals surface area contributed by atoms with Gasteiger partial charge in [-0.15, -0.1) is 12.4 Å². The van der Waals surface area contributed by atoms with Crippen LogP contribution in [0.5, 0.6) is 0 Å². The van der Waals surface area contributed by atoms with Crippen LogP contribution >= 0.6 is 47.2 Å². The SMILES string of the molecule is Cl.Clc1ccc(-c2nc3nccc(-c4ccc(Cl)cc4)n3c2-c2ccc(Cl)cc2)cc1. The van der Waals surface area contributed by atoms with Crippen molar-refractivity contribution in [3.63, 3.8) is 0 Å². The Morgan fingerprint density at radius 1 is 0.581 bits per heavy atom. The molecule has 2 heterocycles. The highest BCUT2D eigenvalue weighted by Gasteiger charge is 2.19. The molecule has 0 aliphatic rings. The van der Waals surface area contributed by atoms with Crippen LogP contribution in [0.2, 0.25) is 15.1 Å². The molecule has 0 N–H and O–H groups in total. The number of rotatable bonds is 3. The summed E-state index contributed by atoms with van der Waals surface area (Å²) in [6.07, 6.45) is 1.77. The van der Waals surface area contributed by atoms with Gasteiger partial charge in [-0.25, -0.2) is 9.97 Å². The number of halogens is 4. The molecule has 3 nitrogen and oxygen atoms in total. The first kappa shape index (κ1) is 21.7. The third kappa shape index (κ3) is 4.15. The van der Waals surface area contributed by atoms with Crippen LogP contribution in [0, 0.1) is 0 Å². The summed E-state index contributed by atoms with van der Waals surface area (Å²) in [5.74, 6) is 0.609. The Kier molecular flexibility index (Phi) is 6.22. The second-order valence-corrected chi connectivity index (χ2v) is 8.10. The highest BCUT2D eigenvalue weighted by Crippen LogP contribution is 2.36. The van der Waals surface area contributed by atoms with Gasteiger partial charge in [0.15, 0.2) is 0 Å². The minimum Gasteiger partial charge on any atom is -0.276 e. The summed E-state index contributed by atoms with van der Waals surface area (Å²) in [5.41, 5.74) is 5.68. The molecule has 5 aromatic rings. The van der Waals surface area contributed by atoms with Gasteiger partial charge in [-0.05, 0) is 48.0 Å². The van der Waals surface area contributed by atoms with Crippen LogP contribution in [0.3, 0.4) is 0 Å². The van der Waals surface area contributed by atoms with Crippen molar-refractivity contribution in [3.05, 3.63) is 100 Å². The zero-order chi connectivity index (χ0) is 20.7. The van der Waals surface area contributed by atoms with Crippen LogP contribution < -0.4 is 0 Å². The summed E-state index contributed by atoms with van der Waals surface area (Å²) in [5, 5.41) is 2.04. The van der Waals surface area contributed by atoms with Gasteiger partial charge < -0.3 is 0 Å². The van der Waals surface area contributed by atoms with E-state index in [0.717, 1.165) is 33.8 Å². The molecule has 0 aliphatic heterocycles. The van der Waals surface area contributed by atoms with Crippen molar-refractivity contribution in [1.82, 2.24) is 14.4 Å². The molecule has 154 valence electrons. The summed E-state index contributed by atoms with van der Waals surface area (Å²) < 4.78 is 2.07. The van der Waals surface area contributed by atoms with E-state index in [9.17, 15) is 0 Å². The van der Waals surface area contributed by atoms with Crippen molar-refractivity contribution in [2.45, 2.75) is 0 Å². The Morgan fingerprint density at radius 3 is 1.61 bits per heavy atom. The number of nitrogens with zero attached hydrogens (tertiary/aromatic N) is 3. The van der Waals surface area contributed by atoms with Crippen LogP contribution in [0.4, 0.5) is 0 Å². The normalized spacial score (nSPS) is 10.8. The summed E-state index contributed by atoms with van der Waals surface area (Å²) in [6.45, 7) is 0. The molecule has 0 fully saturated rings. The first-order valence-corrected chi connectivity index (χ1v) is 10.4. The molecule has 5 rings (SSSR count). The van der Waals surface area contributed by atoms with Gasteiger partial charge in [-0.1, -0.05) is 71.2 Å². The molecule has 31 heavy (non-hydrogen) atoms. The van der Waals surface area contributed by atoms with Gasteiger partial charge in [0.1, 0.15) is 0 Å². The molecule has 0 radical (unpaired) electrons. The second-order valence-electron chi connectivity index (χ2n) is 6.80. The van der Waals surface area contributed by atoms with E-state index >= 15 is 0 Å². The molecule has 0 unspecified atom stereocenters. The Hall–Kier alpha value is -2.56. The molecule has 0 amide bonds. The van der Waals surface area contributed by atoms with E-state index in [-0.39, 0.29) is 12.4 Å². The number of aromatic nitrogens is 3. The van der Waals surface area contributed by atoms with E-state index in [1.807, 2.05) is 78.9 Å². The van der Waals surface area contributed by atoms with Crippen LogP contribution in [0.1, 0.15) is 0 Å². The molecule has 0 saturated carbocycles. The maximum Gasteiger partial charge on any atom is 0.235 e. The van der Waals surface area contributed by atoms with Gasteiger partial charge in [0.25, 0.3) is 0 Å². The fourth-order valence-corrected chi connectivity index (χ4v) is 3.88. The van der Waals surface area contributed by atoms with Crippen molar-refractivity contribution in [1.29, 1.82) is 0 Å². The zero-order valence-electron chi connectivity index (χ0n) is 16.0. The maximum absolute atomic E-state index is 6.15. The summed E-state index contributed by atoms with van der Waals surface area (Å²) in [4.78, 5) is 9.39. The minimum atomic E-state index is 0. The molecule has 2 aromatic heterocycles. The third-order valence-electron chi connectivity index (χ3n) is 4.90. The Balaban J connectivity index is 0.00000231. The quantitative estimate of drug-likeness (QED) is 0.257. The van der Waals surface area contributed by atoms with E-state index in [1.165, 1.54) is 0 Å². The van der Waals surface area contributed by atoms with Gasteiger partial charge in [-0.3, -0.25) is 4.40 Å². The van der Waals surface area contributed by atoms with Crippen molar-refractivity contribution < 1.29 is 0 Å². The average Bonchev–Trinajstić information content (AvgIpc) is 3.15. The maximum atomic E-state index is 6.15. The number of imidazole rings is 1. The summed E-state index contributed by atoms with van der Waals surface area (Å²) >= 11 is 18.4. The molecule has 0 atom stereocenters. The molecule has 0 bridgehead atoms. The summed E-state index contributed by atoms with van der Waals surface area (Å²) in [6, 6.07) is 25.1. The zero-order valence-corrected chi connectivity index (χ0v) is 19.1. The molecule has 0 spiro atoms. The van der Waals surface area contributed by atoms with Crippen molar-refractivity contribution >= 4 is 53.0 Å². The van der Waals surface area contributed by atoms with Gasteiger partial charge in [0, 0.05) is 32.4 Å². The van der Waals surface area contributed by atoms with Crippen LogP contribution in [-0.4, -0.2) is 14.4 Å². The second kappa shape index (κ2) is 8.89. The standard InChI is InChI=1S/C24H14Cl3N3.ClH/c25-18-7-1-15(2-8-18)21-13-14-28-24-29-22(16-3-9-19(26)10-4-16)23(30(21)24)17-5-11-20(27)12-6-17;/h1-14H;1H. The number of hydrogen-bond acceptors (Lipinski definition) is 2. The van der Waals surface area contributed by atoms with E-state index in [0.29, 0.717) is 20.8 Å². The Bertz CT molecular complexity index is 1340. The number of benzene rings is 3. The Labute approximate surface area is 200 Å². The highest BCUT2D eigenvalue weighted by atomic mass is 35.5. The van der Waals surface area contributed by atoms with Gasteiger partial charge in [0.05, 0.1) is 17.1 Å². The third-order valence-corrected chi connectivity index (χ3v) is 5.65. The van der Waals surface area contributed by atoms with Crippen LogP contribution in [-0.2, 0) is 0 Å². The average molecular weight is 487 g/mol. The van der Waals surface area contributed by atoms with Gasteiger partial charge >= 0.3 is 0 Å². The lowest BCUT2D eigenvalue weighted by molar-refractivity contribution is 1.12. The molecular formula is C24H15Cl4N3. The van der Waals surface area contributed by atoms with Crippen LogP contribution in [0.15, 0.2) is 85.1 Å². The fraction of sp³-hybridized carbons (Fsp3) is 0. The van der Waals surface area contributed by atoms with Crippen molar-refractivity contribution in [3.8, 4) is 33.8 Å². The molecular weight excluding hydrogens is 472 g/mol. The van der Waals surface area contributed by atoms with E-state index in [2.05, 4.69) is 9.38 Å². The number of hydrogen-bond donors (Lipinski definition) is 0. The largest absolute Gasteiger partial charge is 0.276 e. The first-order chi connectivity index (χ1) is 14.6. The lowest BCUT2D eigenvalue weighted by Crippen LogP contribution is -1.97. The Morgan fingerprint density at radius 2 is 1.06 bits per heavy atom. The minimum absolute atomic E-state index is 0. The van der Waals surface area contributed by atoms with E-state index in [4.69, 9.17) is 39.8 Å². The lowest BCUT2D eigenvalue weighted by atomic mass is 10.0. The van der Waals surface area contributed by atoms with Crippen molar-refractivity contribution in [2.24, 2.45) is 0 Å². The first-order valence-electron chi connectivity index (χ1n) is 9.25. The van der Waals surface area contributed by atoms with Gasteiger partial charge in [0.2, 0.25) is 5.78 Å². The molecule has 3 aromatic carbocycles. The van der Waals surface area contributed by atoms with E-state index in [1.54, 1.807) is 6.20 Å². The molecule has 7 heteroatoms. The summed E-state index contributed by atoms with van der Waals surface area (Å²) in [7, 11) is 0. The van der Waals surface area contributed by atoms with Crippen LogP contribution in [0.25, 0.3) is 39.5 Å². The smallest absolute Gasteiger partial charge is 0.235 e. The molecule has 0 aliphatic carbocycles. The monoisotopic (exact) mass is 485 g/mol.